The van der Waals surface area contributed by atoms with E-state index in [9.17, 15) is 14.4 Å². The standard InChI is InChI=1S/C77H120O6/c1-4-7-10-13-16-19-22-25-27-29-31-33-35-36-37-38-39-40-42-43-45-47-49-52-55-58-61-64-67-70-76(79)82-73-74(72-81-75(78)69-66-63-60-57-54-51-24-21-18-15-12-9-6-3)83-77(80)71-68-65-62-59-56-53-50-48-46-44-41-34-32-30-28-26-23-20-17-14-11-8-5-2/h7,9-10,12,16,18-19,21,23,25-27,30-33,36-37,39-41,43-45,49,51-52,54,60,63,74H,4-6,8,11,13-15,17,20,22,24,28-29,34-35,38,42,46-48,50,53,55-59,61-62,64-73H2,1-3H3/b10-7-,12-9-,19-16-,21-18-,26-23-,27-25-,32-30-,33-31-,37-36-,40-39-,44-41-,45-43-,52-49-,54-51-,63-60-. The van der Waals surface area contributed by atoms with Crippen molar-refractivity contribution in [2.75, 3.05) is 13.2 Å². The lowest BCUT2D eigenvalue weighted by Gasteiger charge is -2.18. The highest BCUT2D eigenvalue weighted by Gasteiger charge is 2.19. The quantitative estimate of drug-likeness (QED) is 0.0261. The normalized spacial score (nSPS) is 13.3. The Morgan fingerprint density at radius 1 is 0.253 bits per heavy atom. The summed E-state index contributed by atoms with van der Waals surface area (Å²) in [6.45, 7) is 6.30. The molecule has 1 unspecified atom stereocenters. The van der Waals surface area contributed by atoms with Crippen molar-refractivity contribution in [1.82, 2.24) is 0 Å². The Kier molecular flexibility index (Phi) is 64.4. The van der Waals surface area contributed by atoms with Crippen molar-refractivity contribution >= 4 is 17.9 Å². The third-order valence-corrected chi connectivity index (χ3v) is 13.4. The molecule has 0 radical (unpaired) electrons. The number of hydrogen-bond acceptors (Lipinski definition) is 6. The first-order valence-corrected chi connectivity index (χ1v) is 33.3. The fourth-order valence-corrected chi connectivity index (χ4v) is 8.48. The van der Waals surface area contributed by atoms with Crippen LogP contribution >= 0.6 is 0 Å². The number of carbonyl (C=O) groups is 3. The van der Waals surface area contributed by atoms with E-state index in [1.54, 1.807) is 0 Å². The summed E-state index contributed by atoms with van der Waals surface area (Å²) in [5, 5.41) is 0. The van der Waals surface area contributed by atoms with Gasteiger partial charge in [-0.1, -0.05) is 280 Å². The predicted molar refractivity (Wildman–Crippen MR) is 361 cm³/mol. The zero-order valence-corrected chi connectivity index (χ0v) is 53.1. The molecule has 464 valence electrons. The van der Waals surface area contributed by atoms with Crippen LogP contribution in [0.1, 0.15) is 265 Å². The fourth-order valence-electron chi connectivity index (χ4n) is 8.48. The molecular formula is C77H120O6. The van der Waals surface area contributed by atoms with Gasteiger partial charge in [0, 0.05) is 19.3 Å². The molecule has 0 amide bonds. The molecule has 6 heteroatoms. The third-order valence-electron chi connectivity index (χ3n) is 13.4. The van der Waals surface area contributed by atoms with Gasteiger partial charge in [0.2, 0.25) is 0 Å². The van der Waals surface area contributed by atoms with Crippen LogP contribution in [-0.2, 0) is 28.6 Å². The predicted octanol–water partition coefficient (Wildman–Crippen LogP) is 23.2. The molecule has 0 aliphatic rings. The zero-order valence-electron chi connectivity index (χ0n) is 53.1. The van der Waals surface area contributed by atoms with Crippen LogP contribution in [0.2, 0.25) is 0 Å². The first-order chi connectivity index (χ1) is 41.0. The Morgan fingerprint density at radius 2 is 0.494 bits per heavy atom. The topological polar surface area (TPSA) is 78.9 Å². The zero-order chi connectivity index (χ0) is 59.9. The van der Waals surface area contributed by atoms with Crippen LogP contribution in [0, 0.1) is 0 Å². The molecule has 0 heterocycles. The van der Waals surface area contributed by atoms with Gasteiger partial charge in [-0.2, -0.15) is 0 Å². The molecule has 0 aromatic rings. The van der Waals surface area contributed by atoms with Crippen molar-refractivity contribution in [3.63, 3.8) is 0 Å². The number of unbranched alkanes of at least 4 members (excludes halogenated alkanes) is 17. The Morgan fingerprint density at radius 3 is 0.807 bits per heavy atom. The molecule has 0 aromatic carbocycles. The van der Waals surface area contributed by atoms with Crippen LogP contribution in [0.5, 0.6) is 0 Å². The molecule has 6 nitrogen and oxygen atoms in total. The minimum Gasteiger partial charge on any atom is -0.462 e. The van der Waals surface area contributed by atoms with Gasteiger partial charge in [0.15, 0.2) is 6.10 Å². The van der Waals surface area contributed by atoms with Crippen LogP contribution in [0.4, 0.5) is 0 Å². The highest BCUT2D eigenvalue weighted by molar-refractivity contribution is 5.71. The van der Waals surface area contributed by atoms with Crippen molar-refractivity contribution in [3.8, 4) is 0 Å². The molecule has 0 aliphatic heterocycles. The summed E-state index contributed by atoms with van der Waals surface area (Å²) >= 11 is 0. The summed E-state index contributed by atoms with van der Waals surface area (Å²) in [6.07, 6.45) is 103. The molecule has 83 heavy (non-hydrogen) atoms. The van der Waals surface area contributed by atoms with Crippen molar-refractivity contribution in [3.05, 3.63) is 182 Å². The number of rotatable bonds is 58. The molecule has 0 aliphatic carbocycles. The van der Waals surface area contributed by atoms with Crippen LogP contribution in [-0.4, -0.2) is 37.2 Å². The van der Waals surface area contributed by atoms with Crippen molar-refractivity contribution in [2.45, 2.75) is 271 Å². The van der Waals surface area contributed by atoms with Crippen LogP contribution < -0.4 is 0 Å². The number of hydrogen-bond donors (Lipinski definition) is 0. The molecule has 0 saturated carbocycles. The maximum atomic E-state index is 12.9. The Bertz CT molecular complexity index is 1940. The summed E-state index contributed by atoms with van der Waals surface area (Å²) in [4.78, 5) is 38.3. The van der Waals surface area contributed by atoms with E-state index >= 15 is 0 Å². The summed E-state index contributed by atoms with van der Waals surface area (Å²) in [7, 11) is 0. The van der Waals surface area contributed by atoms with Crippen LogP contribution in [0.25, 0.3) is 0 Å². The van der Waals surface area contributed by atoms with E-state index in [4.69, 9.17) is 14.2 Å². The average molecular weight is 1140 g/mol. The molecule has 0 N–H and O–H groups in total. The minimum absolute atomic E-state index is 0.126. The van der Waals surface area contributed by atoms with E-state index < -0.39 is 6.10 Å². The van der Waals surface area contributed by atoms with E-state index in [0.29, 0.717) is 19.3 Å². The van der Waals surface area contributed by atoms with Crippen molar-refractivity contribution < 1.29 is 28.6 Å². The Hall–Kier alpha value is -5.49. The third kappa shape index (κ3) is 67.2. The lowest BCUT2D eigenvalue weighted by atomic mass is 10.1. The molecule has 0 rings (SSSR count). The highest BCUT2D eigenvalue weighted by atomic mass is 16.6. The van der Waals surface area contributed by atoms with E-state index in [-0.39, 0.29) is 37.5 Å². The van der Waals surface area contributed by atoms with Gasteiger partial charge in [0.05, 0.1) is 0 Å². The number of esters is 3. The first kappa shape index (κ1) is 77.5. The Labute approximate surface area is 510 Å². The van der Waals surface area contributed by atoms with Gasteiger partial charge in [-0.3, -0.25) is 14.4 Å². The second-order valence-electron chi connectivity index (χ2n) is 21.3. The van der Waals surface area contributed by atoms with Gasteiger partial charge >= 0.3 is 17.9 Å². The number of carbonyl (C=O) groups excluding carboxylic acids is 3. The molecule has 0 bridgehead atoms. The Balaban J connectivity index is 4.47. The molecule has 1 atom stereocenters. The highest BCUT2D eigenvalue weighted by Crippen LogP contribution is 2.14. The van der Waals surface area contributed by atoms with Gasteiger partial charge in [-0.15, -0.1) is 0 Å². The second-order valence-corrected chi connectivity index (χ2v) is 21.3. The van der Waals surface area contributed by atoms with Gasteiger partial charge < -0.3 is 14.2 Å². The summed E-state index contributed by atoms with van der Waals surface area (Å²) in [5.74, 6) is -1.05. The smallest absolute Gasteiger partial charge is 0.306 e. The summed E-state index contributed by atoms with van der Waals surface area (Å²) in [6, 6.07) is 0. The fraction of sp³-hybridized carbons (Fsp3) is 0.571. The minimum atomic E-state index is -0.834. The van der Waals surface area contributed by atoms with Gasteiger partial charge in [-0.25, -0.2) is 0 Å². The van der Waals surface area contributed by atoms with E-state index in [1.807, 2.05) is 12.2 Å². The van der Waals surface area contributed by atoms with Crippen molar-refractivity contribution in [2.24, 2.45) is 0 Å². The van der Waals surface area contributed by atoms with E-state index in [0.717, 1.165) is 148 Å². The maximum absolute atomic E-state index is 12.9. The summed E-state index contributed by atoms with van der Waals surface area (Å²) < 4.78 is 16.8. The molecule has 0 aromatic heterocycles. The average Bonchev–Trinajstić information content (AvgIpc) is 3.49. The summed E-state index contributed by atoms with van der Waals surface area (Å²) in [5.41, 5.74) is 0. The van der Waals surface area contributed by atoms with E-state index in [1.165, 1.54) is 70.6 Å². The number of allylic oxidation sites excluding steroid dienone is 30. The monoisotopic (exact) mass is 1140 g/mol. The lowest BCUT2D eigenvalue weighted by Crippen LogP contribution is -2.30. The molecule has 0 saturated heterocycles. The largest absolute Gasteiger partial charge is 0.462 e. The molecular weight excluding hydrogens is 1020 g/mol. The van der Waals surface area contributed by atoms with Gasteiger partial charge in [-0.05, 0) is 148 Å². The van der Waals surface area contributed by atoms with Crippen molar-refractivity contribution in [1.29, 1.82) is 0 Å². The van der Waals surface area contributed by atoms with E-state index in [2.05, 4.69) is 191 Å². The maximum Gasteiger partial charge on any atom is 0.306 e. The number of ether oxygens (including phenoxy) is 3. The second kappa shape index (κ2) is 69.0. The molecule has 0 spiro atoms. The molecule has 0 fully saturated rings. The lowest BCUT2D eigenvalue weighted by molar-refractivity contribution is -0.166. The SMILES string of the molecule is CC/C=C\C/C=C\C/C=C\C/C=C\C/C=C\C/C=C\C/C=C\C/C=C\CCCCCCC(=O)OCC(COC(=O)CC/C=C\C/C=C\C/C=C\C/C=C\CC)OC(=O)CCCCCCCCCC/C=C\C/C=C\C/C=C\CCCCCCC. The van der Waals surface area contributed by atoms with Gasteiger partial charge in [0.25, 0.3) is 0 Å². The van der Waals surface area contributed by atoms with Gasteiger partial charge in [0.1, 0.15) is 13.2 Å². The van der Waals surface area contributed by atoms with Crippen LogP contribution in [0.15, 0.2) is 182 Å². The first-order valence-electron chi connectivity index (χ1n) is 33.3. The van der Waals surface area contributed by atoms with Crippen LogP contribution in [0.3, 0.4) is 0 Å².